The number of nitrogens with one attached hydrogen (secondary N) is 1. The number of carbonyl (C=O) groups excluding carboxylic acids is 2. The van der Waals surface area contributed by atoms with Crippen LogP contribution < -0.4 is 15.8 Å². The second-order valence-electron chi connectivity index (χ2n) is 5.09. The van der Waals surface area contributed by atoms with Crippen LogP contribution >= 0.6 is 0 Å². The Morgan fingerprint density at radius 1 is 1.21 bits per heavy atom. The normalized spacial score (nSPS) is 10.5. The van der Waals surface area contributed by atoms with Gasteiger partial charge in [0, 0.05) is 36.3 Å². The average Bonchev–Trinajstić information content (AvgIpc) is 2.59. The first-order valence-electron chi connectivity index (χ1n) is 7.68. The van der Waals surface area contributed by atoms with Crippen LogP contribution in [0.5, 0.6) is 0 Å². The predicted octanol–water partition coefficient (Wildman–Crippen LogP) is 1.54. The summed E-state index contributed by atoms with van der Waals surface area (Å²) in [5.41, 5.74) is 0.775. The summed E-state index contributed by atoms with van der Waals surface area (Å²) in [7, 11) is 1.23. The maximum atomic E-state index is 12.3. The van der Waals surface area contributed by atoms with Crippen molar-refractivity contribution in [1.29, 1.82) is 0 Å². The van der Waals surface area contributed by atoms with Crippen molar-refractivity contribution in [2.75, 3.05) is 31.6 Å². The third-order valence-corrected chi connectivity index (χ3v) is 3.72. The van der Waals surface area contributed by atoms with Crippen LogP contribution in [0.2, 0.25) is 0 Å². The van der Waals surface area contributed by atoms with Crippen LogP contribution in [0.4, 0.5) is 5.69 Å². The Kier molecular flexibility index (Phi) is 5.57. The van der Waals surface area contributed by atoms with Crippen molar-refractivity contribution in [2.45, 2.75) is 13.8 Å². The zero-order chi connectivity index (χ0) is 17.7. The molecule has 1 heterocycles. The van der Waals surface area contributed by atoms with Gasteiger partial charge in [0.1, 0.15) is 12.1 Å². The van der Waals surface area contributed by atoms with Crippen molar-refractivity contribution < 1.29 is 18.7 Å². The standard InChI is InChI=1S/C17H20N2O5/c1-4-19(5-2)11-6-7-12-13(9-15(20)24-14(12)8-11)17(22)18-10-16(21)23-3/h6-9H,4-5,10H2,1-3H3,(H,18,22). The first-order valence-corrected chi connectivity index (χ1v) is 7.68. The van der Waals surface area contributed by atoms with Crippen LogP contribution in [0.3, 0.4) is 0 Å². The van der Waals surface area contributed by atoms with E-state index in [-0.39, 0.29) is 12.1 Å². The van der Waals surface area contributed by atoms with E-state index in [9.17, 15) is 14.4 Å². The number of rotatable bonds is 6. The molecule has 0 aliphatic carbocycles. The summed E-state index contributed by atoms with van der Waals surface area (Å²) in [6.07, 6.45) is 0. The van der Waals surface area contributed by atoms with Crippen LogP contribution in [0.1, 0.15) is 24.2 Å². The lowest BCUT2D eigenvalue weighted by atomic mass is 10.1. The highest BCUT2D eigenvalue weighted by Gasteiger charge is 2.15. The Hall–Kier alpha value is -2.83. The molecular formula is C17H20N2O5. The van der Waals surface area contributed by atoms with Gasteiger partial charge < -0.3 is 19.4 Å². The van der Waals surface area contributed by atoms with Gasteiger partial charge in [-0.15, -0.1) is 0 Å². The van der Waals surface area contributed by atoms with E-state index in [4.69, 9.17) is 4.42 Å². The van der Waals surface area contributed by atoms with E-state index in [0.29, 0.717) is 11.0 Å². The van der Waals surface area contributed by atoms with E-state index in [1.54, 1.807) is 12.1 Å². The van der Waals surface area contributed by atoms with Gasteiger partial charge in [-0.25, -0.2) is 4.79 Å². The number of methoxy groups -OCH3 is 1. The maximum Gasteiger partial charge on any atom is 0.337 e. The smallest absolute Gasteiger partial charge is 0.337 e. The van der Waals surface area contributed by atoms with Crippen molar-refractivity contribution in [3.8, 4) is 0 Å². The quantitative estimate of drug-likeness (QED) is 0.638. The zero-order valence-electron chi connectivity index (χ0n) is 13.9. The van der Waals surface area contributed by atoms with E-state index in [1.165, 1.54) is 7.11 Å². The van der Waals surface area contributed by atoms with Gasteiger partial charge in [-0.2, -0.15) is 0 Å². The maximum absolute atomic E-state index is 12.3. The van der Waals surface area contributed by atoms with Gasteiger partial charge in [-0.05, 0) is 26.0 Å². The Balaban J connectivity index is 2.42. The second kappa shape index (κ2) is 7.63. The summed E-state index contributed by atoms with van der Waals surface area (Å²) in [6.45, 7) is 5.41. The molecule has 2 aromatic rings. The number of ether oxygens (including phenoxy) is 1. The number of esters is 1. The molecule has 0 radical (unpaired) electrons. The summed E-state index contributed by atoms with van der Waals surface area (Å²) in [6, 6.07) is 6.46. The number of hydrogen-bond acceptors (Lipinski definition) is 6. The minimum Gasteiger partial charge on any atom is -0.468 e. The monoisotopic (exact) mass is 332 g/mol. The Morgan fingerprint density at radius 2 is 1.92 bits per heavy atom. The molecule has 24 heavy (non-hydrogen) atoms. The summed E-state index contributed by atoms with van der Waals surface area (Å²) in [5.74, 6) is -1.10. The SMILES string of the molecule is CCN(CC)c1ccc2c(C(=O)NCC(=O)OC)cc(=O)oc2c1. The summed E-state index contributed by atoms with van der Waals surface area (Å²) < 4.78 is 9.70. The molecular weight excluding hydrogens is 312 g/mol. The van der Waals surface area contributed by atoms with E-state index in [1.807, 2.05) is 19.9 Å². The lowest BCUT2D eigenvalue weighted by Gasteiger charge is -2.21. The number of anilines is 1. The molecule has 1 aromatic carbocycles. The molecule has 0 aliphatic heterocycles. The molecule has 7 nitrogen and oxygen atoms in total. The molecule has 128 valence electrons. The van der Waals surface area contributed by atoms with Gasteiger partial charge in [0.05, 0.1) is 12.7 Å². The van der Waals surface area contributed by atoms with Crippen molar-refractivity contribution >= 4 is 28.5 Å². The minimum absolute atomic E-state index is 0.163. The van der Waals surface area contributed by atoms with Gasteiger partial charge in [0.25, 0.3) is 5.91 Å². The molecule has 1 N–H and O–H groups in total. The molecule has 7 heteroatoms. The Labute approximate surface area is 139 Å². The molecule has 0 aliphatic rings. The van der Waals surface area contributed by atoms with Gasteiger partial charge in [-0.3, -0.25) is 9.59 Å². The number of hydrogen-bond donors (Lipinski definition) is 1. The fourth-order valence-corrected chi connectivity index (χ4v) is 2.44. The largest absolute Gasteiger partial charge is 0.468 e. The highest BCUT2D eigenvalue weighted by atomic mass is 16.5. The summed E-state index contributed by atoms with van der Waals surface area (Å²) in [4.78, 5) is 37.3. The topological polar surface area (TPSA) is 88.9 Å². The Morgan fingerprint density at radius 3 is 2.54 bits per heavy atom. The lowest BCUT2D eigenvalue weighted by molar-refractivity contribution is -0.139. The number of fused-ring (bicyclic) bond motifs is 1. The zero-order valence-corrected chi connectivity index (χ0v) is 13.9. The molecule has 1 amide bonds. The number of benzene rings is 1. The van der Waals surface area contributed by atoms with Crippen molar-refractivity contribution in [1.82, 2.24) is 5.32 Å². The molecule has 0 atom stereocenters. The van der Waals surface area contributed by atoms with E-state index in [2.05, 4.69) is 15.0 Å². The lowest BCUT2D eigenvalue weighted by Crippen LogP contribution is -2.30. The first-order chi connectivity index (χ1) is 11.5. The van der Waals surface area contributed by atoms with E-state index >= 15 is 0 Å². The molecule has 0 saturated heterocycles. The fraction of sp³-hybridized carbons (Fsp3) is 0.353. The highest BCUT2D eigenvalue weighted by Crippen LogP contribution is 2.23. The number of carbonyl (C=O) groups is 2. The second-order valence-corrected chi connectivity index (χ2v) is 5.09. The number of amides is 1. The fourth-order valence-electron chi connectivity index (χ4n) is 2.44. The van der Waals surface area contributed by atoms with E-state index < -0.39 is 17.5 Å². The average molecular weight is 332 g/mol. The third-order valence-electron chi connectivity index (χ3n) is 3.72. The Bertz CT molecular complexity index is 808. The molecule has 0 fully saturated rings. The molecule has 0 bridgehead atoms. The number of nitrogens with zero attached hydrogens (tertiary/aromatic N) is 1. The third kappa shape index (κ3) is 3.73. The highest BCUT2D eigenvalue weighted by molar-refractivity contribution is 6.06. The van der Waals surface area contributed by atoms with Crippen molar-refractivity contribution in [2.24, 2.45) is 0 Å². The first kappa shape index (κ1) is 17.5. The van der Waals surface area contributed by atoms with Gasteiger partial charge in [0.15, 0.2) is 0 Å². The molecule has 0 unspecified atom stereocenters. The van der Waals surface area contributed by atoms with Crippen molar-refractivity contribution in [3.63, 3.8) is 0 Å². The summed E-state index contributed by atoms with van der Waals surface area (Å²) >= 11 is 0. The van der Waals surface area contributed by atoms with Gasteiger partial charge in [0.2, 0.25) is 0 Å². The van der Waals surface area contributed by atoms with Crippen molar-refractivity contribution in [3.05, 3.63) is 40.2 Å². The molecule has 0 saturated carbocycles. The van der Waals surface area contributed by atoms with Gasteiger partial charge in [-0.1, -0.05) is 0 Å². The van der Waals surface area contributed by atoms with Gasteiger partial charge >= 0.3 is 11.6 Å². The molecule has 2 rings (SSSR count). The van der Waals surface area contributed by atoms with E-state index in [0.717, 1.165) is 24.8 Å². The van der Waals surface area contributed by atoms with Crippen LogP contribution in [-0.4, -0.2) is 38.6 Å². The van der Waals surface area contributed by atoms with Crippen LogP contribution in [0, 0.1) is 0 Å². The van der Waals surface area contributed by atoms with Crippen LogP contribution in [-0.2, 0) is 9.53 Å². The van der Waals surface area contributed by atoms with Crippen LogP contribution in [0.15, 0.2) is 33.5 Å². The molecule has 1 aromatic heterocycles. The predicted molar refractivity (Wildman–Crippen MR) is 90.4 cm³/mol. The minimum atomic E-state index is -0.623. The van der Waals surface area contributed by atoms with Crippen LogP contribution in [0.25, 0.3) is 11.0 Å². The molecule has 0 spiro atoms. The summed E-state index contributed by atoms with van der Waals surface area (Å²) in [5, 5.41) is 2.93.